The lowest BCUT2D eigenvalue weighted by atomic mass is 9.95. The van der Waals surface area contributed by atoms with Crippen LogP contribution in [-0.2, 0) is 26.2 Å². The molecule has 2 amide bonds. The molecule has 1 N–H and O–H groups in total. The summed E-state index contributed by atoms with van der Waals surface area (Å²) in [5.74, 6) is -0.158. The first kappa shape index (κ1) is 29.1. The second-order valence-electron chi connectivity index (χ2n) is 10.0. The van der Waals surface area contributed by atoms with Gasteiger partial charge in [0.25, 0.3) is 10.0 Å². The van der Waals surface area contributed by atoms with Gasteiger partial charge >= 0.3 is 0 Å². The summed E-state index contributed by atoms with van der Waals surface area (Å²) in [4.78, 5) is 28.9. The third kappa shape index (κ3) is 7.21. The van der Waals surface area contributed by atoms with E-state index in [1.165, 1.54) is 24.1 Å². The van der Waals surface area contributed by atoms with Crippen molar-refractivity contribution in [2.75, 3.05) is 18.0 Å². The molecule has 0 aromatic heterocycles. The lowest BCUT2D eigenvalue weighted by Gasteiger charge is -2.33. The van der Waals surface area contributed by atoms with Crippen LogP contribution < -0.4 is 14.4 Å². The Bertz CT molecular complexity index is 1360. The van der Waals surface area contributed by atoms with Gasteiger partial charge in [-0.15, -0.1) is 0 Å². The number of methoxy groups -OCH3 is 1. The minimum atomic E-state index is -4.10. The van der Waals surface area contributed by atoms with Gasteiger partial charge in [0.2, 0.25) is 11.8 Å². The van der Waals surface area contributed by atoms with Crippen molar-refractivity contribution in [2.45, 2.75) is 62.6 Å². The molecule has 1 aliphatic rings. The highest BCUT2D eigenvalue weighted by atomic mass is 32.2. The molecule has 1 aliphatic carbocycles. The van der Waals surface area contributed by atoms with E-state index >= 15 is 0 Å². The van der Waals surface area contributed by atoms with Crippen LogP contribution >= 0.6 is 0 Å². The van der Waals surface area contributed by atoms with Crippen LogP contribution in [-0.4, -0.2) is 50.9 Å². The zero-order chi connectivity index (χ0) is 28.5. The first-order valence-corrected chi connectivity index (χ1v) is 15.1. The van der Waals surface area contributed by atoms with Crippen LogP contribution in [0.25, 0.3) is 0 Å². The number of ether oxygens (including phenoxy) is 1. The Balaban J connectivity index is 1.65. The molecule has 3 aromatic rings. The zero-order valence-corrected chi connectivity index (χ0v) is 23.8. The number of hydrogen-bond donors (Lipinski definition) is 1. The fourth-order valence-corrected chi connectivity index (χ4v) is 6.36. The molecule has 0 spiro atoms. The molecule has 0 radical (unpaired) electrons. The van der Waals surface area contributed by atoms with Crippen molar-refractivity contribution in [3.63, 3.8) is 0 Å². The Hall–Kier alpha value is -3.85. The van der Waals surface area contributed by atoms with E-state index in [1.54, 1.807) is 49.4 Å². The molecule has 9 heteroatoms. The average Bonchev–Trinajstić information content (AvgIpc) is 2.99. The molecule has 40 heavy (non-hydrogen) atoms. The Kier molecular flexibility index (Phi) is 9.82. The highest BCUT2D eigenvalue weighted by Gasteiger charge is 2.33. The van der Waals surface area contributed by atoms with E-state index in [-0.39, 0.29) is 23.4 Å². The molecule has 0 bridgehead atoms. The van der Waals surface area contributed by atoms with Crippen molar-refractivity contribution in [3.8, 4) is 5.75 Å². The van der Waals surface area contributed by atoms with E-state index in [9.17, 15) is 18.0 Å². The second-order valence-corrected chi connectivity index (χ2v) is 11.9. The summed E-state index contributed by atoms with van der Waals surface area (Å²) >= 11 is 0. The van der Waals surface area contributed by atoms with Crippen LogP contribution in [0.3, 0.4) is 0 Å². The van der Waals surface area contributed by atoms with Gasteiger partial charge in [-0.05, 0) is 61.7 Å². The summed E-state index contributed by atoms with van der Waals surface area (Å²) < 4.78 is 34.0. The number of nitrogens with zero attached hydrogens (tertiary/aromatic N) is 2. The van der Waals surface area contributed by atoms with Crippen LogP contribution in [0.5, 0.6) is 5.75 Å². The Morgan fingerprint density at radius 1 is 0.900 bits per heavy atom. The number of nitrogens with one attached hydrogen (secondary N) is 1. The number of benzene rings is 3. The van der Waals surface area contributed by atoms with Gasteiger partial charge < -0.3 is 15.0 Å². The van der Waals surface area contributed by atoms with Crippen molar-refractivity contribution >= 4 is 27.5 Å². The van der Waals surface area contributed by atoms with Crippen LogP contribution in [0.2, 0.25) is 0 Å². The summed E-state index contributed by atoms with van der Waals surface area (Å²) in [6.07, 6.45) is 5.15. The number of rotatable bonds is 11. The van der Waals surface area contributed by atoms with Gasteiger partial charge in [0, 0.05) is 12.6 Å². The van der Waals surface area contributed by atoms with E-state index in [1.807, 2.05) is 30.3 Å². The molecule has 0 aliphatic heterocycles. The summed E-state index contributed by atoms with van der Waals surface area (Å²) in [7, 11) is -2.57. The van der Waals surface area contributed by atoms with E-state index in [2.05, 4.69) is 5.32 Å². The molecule has 1 fully saturated rings. The summed E-state index contributed by atoms with van der Waals surface area (Å²) in [5, 5.41) is 3.11. The lowest BCUT2D eigenvalue weighted by molar-refractivity contribution is -0.139. The summed E-state index contributed by atoms with van der Waals surface area (Å²) in [6.45, 7) is 1.39. The third-order valence-electron chi connectivity index (χ3n) is 7.29. The Morgan fingerprint density at radius 3 is 2.10 bits per heavy atom. The molecule has 212 valence electrons. The first-order chi connectivity index (χ1) is 19.3. The van der Waals surface area contributed by atoms with E-state index in [4.69, 9.17) is 4.74 Å². The van der Waals surface area contributed by atoms with Crippen LogP contribution in [0.15, 0.2) is 89.8 Å². The molecule has 3 aromatic carbocycles. The van der Waals surface area contributed by atoms with Gasteiger partial charge in [-0.1, -0.05) is 67.8 Å². The molecule has 1 saturated carbocycles. The second kappa shape index (κ2) is 13.5. The molecular weight excluding hydrogens is 526 g/mol. The number of sulfonamides is 1. The first-order valence-electron chi connectivity index (χ1n) is 13.6. The fourth-order valence-electron chi connectivity index (χ4n) is 4.93. The number of carbonyl (C=O) groups excluding carboxylic acids is 2. The quantitative estimate of drug-likeness (QED) is 0.363. The smallest absolute Gasteiger partial charge is 0.264 e. The van der Waals surface area contributed by atoms with Crippen molar-refractivity contribution in [1.29, 1.82) is 0 Å². The number of hydrogen-bond acceptors (Lipinski definition) is 5. The normalized spacial score (nSPS) is 14.7. The van der Waals surface area contributed by atoms with Crippen LogP contribution in [0.1, 0.15) is 44.6 Å². The molecule has 0 saturated heterocycles. The van der Waals surface area contributed by atoms with Crippen molar-refractivity contribution in [1.82, 2.24) is 10.2 Å². The molecule has 8 nitrogen and oxygen atoms in total. The number of amides is 2. The summed E-state index contributed by atoms with van der Waals surface area (Å²) in [6, 6.07) is 23.2. The van der Waals surface area contributed by atoms with Gasteiger partial charge in [0.15, 0.2) is 0 Å². The Morgan fingerprint density at radius 2 is 1.50 bits per heavy atom. The lowest BCUT2D eigenvalue weighted by Crippen LogP contribution is -2.53. The maximum absolute atomic E-state index is 14.0. The zero-order valence-electron chi connectivity index (χ0n) is 23.0. The van der Waals surface area contributed by atoms with Crippen molar-refractivity contribution < 1.29 is 22.7 Å². The highest BCUT2D eigenvalue weighted by molar-refractivity contribution is 7.92. The average molecular weight is 564 g/mol. The van der Waals surface area contributed by atoms with E-state index in [0.717, 1.165) is 42.0 Å². The largest absolute Gasteiger partial charge is 0.497 e. The molecule has 0 unspecified atom stereocenters. The van der Waals surface area contributed by atoms with Gasteiger partial charge in [0.1, 0.15) is 18.3 Å². The van der Waals surface area contributed by atoms with Crippen molar-refractivity contribution in [3.05, 3.63) is 90.5 Å². The Labute approximate surface area is 237 Å². The highest BCUT2D eigenvalue weighted by Crippen LogP contribution is 2.26. The van der Waals surface area contributed by atoms with Crippen LogP contribution in [0.4, 0.5) is 5.69 Å². The van der Waals surface area contributed by atoms with Gasteiger partial charge in [-0.25, -0.2) is 8.42 Å². The molecular formula is C31H37N3O5S. The van der Waals surface area contributed by atoms with Gasteiger partial charge in [0.05, 0.1) is 17.7 Å². The minimum Gasteiger partial charge on any atom is -0.497 e. The van der Waals surface area contributed by atoms with Gasteiger partial charge in [-0.2, -0.15) is 0 Å². The molecule has 4 rings (SSSR count). The van der Waals surface area contributed by atoms with Crippen LogP contribution in [0, 0.1) is 0 Å². The topological polar surface area (TPSA) is 96.0 Å². The predicted octanol–water partition coefficient (Wildman–Crippen LogP) is 4.76. The SMILES string of the molecule is COc1ccc(N(CC(=O)N(Cc2ccccc2)[C@@H](C)C(=O)NC2CCCCC2)S(=O)(=O)c2ccccc2)cc1. The fraction of sp³-hybridized carbons (Fsp3) is 0.355. The van der Waals surface area contributed by atoms with Gasteiger partial charge in [-0.3, -0.25) is 13.9 Å². The third-order valence-corrected chi connectivity index (χ3v) is 9.07. The van der Waals surface area contributed by atoms with Crippen molar-refractivity contribution in [2.24, 2.45) is 0 Å². The summed E-state index contributed by atoms with van der Waals surface area (Å²) in [5.41, 5.74) is 1.16. The maximum Gasteiger partial charge on any atom is 0.264 e. The van der Waals surface area contributed by atoms with E-state index in [0.29, 0.717) is 11.4 Å². The monoisotopic (exact) mass is 563 g/mol. The number of anilines is 1. The molecule has 1 atom stereocenters. The predicted molar refractivity (Wildman–Crippen MR) is 155 cm³/mol. The minimum absolute atomic E-state index is 0.0660. The molecule has 0 heterocycles. The standard InChI is InChI=1S/C31H37N3O5S/c1-24(31(36)32-26-14-8-4-9-15-26)33(22-25-12-6-3-7-13-25)30(35)23-34(27-18-20-28(39-2)21-19-27)40(37,38)29-16-10-5-11-17-29/h3,5-7,10-13,16-21,24,26H,4,8-9,14-15,22-23H2,1-2H3,(H,32,36)/t24-/m0/s1. The number of carbonyl (C=O) groups is 2. The van der Waals surface area contributed by atoms with E-state index < -0.39 is 28.5 Å². The maximum atomic E-state index is 14.0.